The second kappa shape index (κ2) is 6.68. The monoisotopic (exact) mass is 246 g/mol. The Kier molecular flexibility index (Phi) is 4.90. The summed E-state index contributed by atoms with van der Waals surface area (Å²) in [4.78, 5) is 0. The van der Waals surface area contributed by atoms with E-state index in [2.05, 4.69) is 29.2 Å². The minimum Gasteiger partial charge on any atom is -0.312 e. The van der Waals surface area contributed by atoms with Crippen molar-refractivity contribution in [3.8, 4) is 6.07 Å². The number of hydrogen-bond donors (Lipinski definition) is 1. The molecule has 1 saturated heterocycles. The molecule has 2 rings (SSSR count). The van der Waals surface area contributed by atoms with Gasteiger partial charge in [-0.3, -0.25) is 0 Å². The van der Waals surface area contributed by atoms with Crippen LogP contribution in [0.1, 0.15) is 24.0 Å². The van der Waals surface area contributed by atoms with Crippen molar-refractivity contribution in [1.29, 1.82) is 5.26 Å². The summed E-state index contributed by atoms with van der Waals surface area (Å²) in [5.74, 6) is 3.47. The molecule has 0 bridgehead atoms. The van der Waals surface area contributed by atoms with E-state index in [4.69, 9.17) is 5.26 Å². The van der Waals surface area contributed by atoms with Crippen LogP contribution in [0.15, 0.2) is 24.3 Å². The van der Waals surface area contributed by atoms with E-state index in [1.54, 1.807) is 0 Å². The van der Waals surface area contributed by atoms with Crippen LogP contribution in [-0.4, -0.2) is 18.1 Å². The van der Waals surface area contributed by atoms with Gasteiger partial charge in [0, 0.05) is 6.54 Å². The van der Waals surface area contributed by atoms with Crippen molar-refractivity contribution in [2.24, 2.45) is 5.92 Å². The van der Waals surface area contributed by atoms with Crippen LogP contribution < -0.4 is 5.32 Å². The molecule has 0 spiro atoms. The van der Waals surface area contributed by atoms with E-state index in [1.165, 1.54) is 29.9 Å². The van der Waals surface area contributed by atoms with Gasteiger partial charge >= 0.3 is 0 Å². The van der Waals surface area contributed by atoms with Crippen molar-refractivity contribution < 1.29 is 0 Å². The van der Waals surface area contributed by atoms with Crippen molar-refractivity contribution >= 4 is 11.8 Å². The molecule has 0 aliphatic carbocycles. The molecule has 0 saturated carbocycles. The largest absolute Gasteiger partial charge is 0.312 e. The lowest BCUT2D eigenvalue weighted by Crippen LogP contribution is -2.25. The molecule has 17 heavy (non-hydrogen) atoms. The van der Waals surface area contributed by atoms with E-state index in [0.29, 0.717) is 0 Å². The van der Waals surface area contributed by atoms with Crippen LogP contribution in [0.3, 0.4) is 0 Å². The Morgan fingerprint density at radius 3 is 2.94 bits per heavy atom. The molecule has 3 heteroatoms. The Bertz CT molecular complexity index is 391. The van der Waals surface area contributed by atoms with E-state index in [0.717, 1.165) is 24.6 Å². The third-order valence-electron chi connectivity index (χ3n) is 3.16. The normalized spacial score (nSPS) is 16.6. The van der Waals surface area contributed by atoms with Crippen molar-refractivity contribution in [1.82, 2.24) is 5.32 Å². The van der Waals surface area contributed by atoms with Gasteiger partial charge in [-0.15, -0.1) is 0 Å². The van der Waals surface area contributed by atoms with Crippen LogP contribution in [0.25, 0.3) is 0 Å². The molecule has 1 heterocycles. The molecule has 1 aromatic rings. The van der Waals surface area contributed by atoms with Crippen molar-refractivity contribution in [2.75, 3.05) is 18.1 Å². The molecule has 0 amide bonds. The Morgan fingerprint density at radius 2 is 2.18 bits per heavy atom. The van der Waals surface area contributed by atoms with Crippen LogP contribution in [0.4, 0.5) is 0 Å². The van der Waals surface area contributed by atoms with Gasteiger partial charge in [-0.05, 0) is 54.5 Å². The standard InChI is InChI=1S/C14H18N2S/c15-9-13-2-1-3-14(8-13)11-16-10-12-4-6-17-7-5-12/h1-3,8,12,16H,4-7,10-11H2. The summed E-state index contributed by atoms with van der Waals surface area (Å²) in [6.45, 7) is 1.98. The van der Waals surface area contributed by atoms with Crippen molar-refractivity contribution in [3.63, 3.8) is 0 Å². The van der Waals surface area contributed by atoms with E-state index in [9.17, 15) is 0 Å². The topological polar surface area (TPSA) is 35.8 Å². The minimum absolute atomic E-state index is 0.748. The number of rotatable bonds is 4. The molecular weight excluding hydrogens is 228 g/mol. The first-order chi connectivity index (χ1) is 8.38. The van der Waals surface area contributed by atoms with Crippen molar-refractivity contribution in [3.05, 3.63) is 35.4 Å². The summed E-state index contributed by atoms with van der Waals surface area (Å²) in [5, 5.41) is 12.3. The summed E-state index contributed by atoms with van der Waals surface area (Å²) in [6.07, 6.45) is 2.69. The van der Waals surface area contributed by atoms with Gasteiger partial charge in [0.2, 0.25) is 0 Å². The van der Waals surface area contributed by atoms with Gasteiger partial charge in [-0.1, -0.05) is 12.1 Å². The summed E-state index contributed by atoms with van der Waals surface area (Å²) in [6, 6.07) is 10.0. The highest BCUT2D eigenvalue weighted by molar-refractivity contribution is 7.99. The Labute approximate surface area is 107 Å². The maximum Gasteiger partial charge on any atom is 0.0991 e. The second-order valence-electron chi connectivity index (χ2n) is 4.50. The zero-order valence-electron chi connectivity index (χ0n) is 9.98. The van der Waals surface area contributed by atoms with E-state index >= 15 is 0 Å². The quantitative estimate of drug-likeness (QED) is 0.887. The summed E-state index contributed by atoms with van der Waals surface area (Å²) >= 11 is 2.07. The van der Waals surface area contributed by atoms with Crippen LogP contribution in [-0.2, 0) is 6.54 Å². The molecule has 0 unspecified atom stereocenters. The maximum atomic E-state index is 8.82. The van der Waals surface area contributed by atoms with Gasteiger partial charge in [0.15, 0.2) is 0 Å². The van der Waals surface area contributed by atoms with Crippen LogP contribution in [0, 0.1) is 17.2 Å². The first-order valence-electron chi connectivity index (χ1n) is 6.16. The summed E-state index contributed by atoms with van der Waals surface area (Å²) in [7, 11) is 0. The average molecular weight is 246 g/mol. The zero-order valence-corrected chi connectivity index (χ0v) is 10.8. The molecular formula is C14H18N2S. The highest BCUT2D eigenvalue weighted by Gasteiger charge is 2.12. The Morgan fingerprint density at radius 1 is 1.35 bits per heavy atom. The second-order valence-corrected chi connectivity index (χ2v) is 5.72. The predicted octanol–water partition coefficient (Wildman–Crippen LogP) is 2.79. The molecule has 1 fully saturated rings. The van der Waals surface area contributed by atoms with Crippen LogP contribution in [0.2, 0.25) is 0 Å². The number of benzene rings is 1. The number of nitrogens with zero attached hydrogens (tertiary/aromatic N) is 1. The fourth-order valence-electron chi connectivity index (χ4n) is 2.12. The first-order valence-corrected chi connectivity index (χ1v) is 7.31. The maximum absolute atomic E-state index is 8.82. The van der Waals surface area contributed by atoms with Gasteiger partial charge < -0.3 is 5.32 Å². The van der Waals surface area contributed by atoms with Gasteiger partial charge in [0.05, 0.1) is 11.6 Å². The fourth-order valence-corrected chi connectivity index (χ4v) is 3.33. The first kappa shape index (κ1) is 12.5. The van der Waals surface area contributed by atoms with E-state index in [-0.39, 0.29) is 0 Å². The third-order valence-corrected chi connectivity index (χ3v) is 4.21. The highest BCUT2D eigenvalue weighted by atomic mass is 32.2. The minimum atomic E-state index is 0.748. The molecule has 2 nitrogen and oxygen atoms in total. The van der Waals surface area contributed by atoms with Gasteiger partial charge in [-0.2, -0.15) is 17.0 Å². The summed E-state index contributed by atoms with van der Waals surface area (Å²) in [5.41, 5.74) is 1.95. The average Bonchev–Trinajstić information content (AvgIpc) is 2.40. The lowest BCUT2D eigenvalue weighted by atomic mass is 10.0. The zero-order chi connectivity index (χ0) is 11.9. The molecule has 1 aliphatic rings. The summed E-state index contributed by atoms with van der Waals surface area (Å²) < 4.78 is 0. The highest BCUT2D eigenvalue weighted by Crippen LogP contribution is 2.21. The molecule has 1 N–H and O–H groups in total. The molecule has 0 aromatic heterocycles. The lowest BCUT2D eigenvalue weighted by Gasteiger charge is -2.21. The SMILES string of the molecule is N#Cc1cccc(CNCC2CCSCC2)c1. The smallest absolute Gasteiger partial charge is 0.0991 e. The molecule has 0 atom stereocenters. The molecule has 0 radical (unpaired) electrons. The Hall–Kier alpha value is -0.980. The third kappa shape index (κ3) is 4.07. The number of thioether (sulfide) groups is 1. The van der Waals surface area contributed by atoms with E-state index in [1.807, 2.05) is 18.2 Å². The number of nitrogens with one attached hydrogen (secondary N) is 1. The predicted molar refractivity (Wildman–Crippen MR) is 72.9 cm³/mol. The van der Waals surface area contributed by atoms with Gasteiger partial charge in [0.1, 0.15) is 0 Å². The van der Waals surface area contributed by atoms with Gasteiger partial charge in [-0.25, -0.2) is 0 Å². The number of hydrogen-bond acceptors (Lipinski definition) is 3. The van der Waals surface area contributed by atoms with Gasteiger partial charge in [0.25, 0.3) is 0 Å². The van der Waals surface area contributed by atoms with Crippen LogP contribution in [0.5, 0.6) is 0 Å². The molecule has 1 aliphatic heterocycles. The lowest BCUT2D eigenvalue weighted by molar-refractivity contribution is 0.447. The fraction of sp³-hybridized carbons (Fsp3) is 0.500. The Balaban J connectivity index is 1.75. The van der Waals surface area contributed by atoms with Crippen LogP contribution >= 0.6 is 11.8 Å². The molecule has 1 aromatic carbocycles. The van der Waals surface area contributed by atoms with E-state index < -0.39 is 0 Å². The number of nitriles is 1. The van der Waals surface area contributed by atoms with Crippen molar-refractivity contribution in [2.45, 2.75) is 19.4 Å². The molecule has 90 valence electrons.